The zero-order valence-corrected chi connectivity index (χ0v) is 7.25. The van der Waals surface area contributed by atoms with Crippen LogP contribution in [0.5, 0.6) is 0 Å². The van der Waals surface area contributed by atoms with Gasteiger partial charge in [-0.05, 0) is 26.2 Å². The highest BCUT2D eigenvalue weighted by Gasteiger charge is 2.46. The summed E-state index contributed by atoms with van der Waals surface area (Å²) in [6, 6.07) is 0. The van der Waals surface area contributed by atoms with Crippen LogP contribution in [0.1, 0.15) is 26.2 Å². The van der Waals surface area contributed by atoms with E-state index in [2.05, 4.69) is 0 Å². The molecule has 0 bridgehead atoms. The fourth-order valence-electron chi connectivity index (χ4n) is 1.52. The number of aliphatic hydroxyl groups is 1. The van der Waals surface area contributed by atoms with E-state index in [0.29, 0.717) is 19.4 Å². The molecule has 3 N–H and O–H groups in total. The molecule has 0 aromatic heterocycles. The Bertz CT molecular complexity index is 183. The summed E-state index contributed by atoms with van der Waals surface area (Å²) in [5.41, 5.74) is 4.56. The average Bonchev–Trinajstić information content (AvgIpc) is 2.34. The third-order valence-electron chi connectivity index (χ3n) is 2.32. The molecule has 1 rings (SSSR count). The summed E-state index contributed by atoms with van der Waals surface area (Å²) in [5, 5.41) is 9.42. The van der Waals surface area contributed by atoms with Crippen molar-refractivity contribution in [2.75, 3.05) is 6.61 Å². The molecule has 4 heteroatoms. The Labute approximate surface area is 71.7 Å². The zero-order valence-electron chi connectivity index (χ0n) is 7.25. The second-order valence-electron chi connectivity index (χ2n) is 3.17. The molecule has 2 atom stereocenters. The van der Waals surface area contributed by atoms with Crippen LogP contribution in [0.25, 0.3) is 0 Å². The number of aliphatic hydroxyl groups excluding tert-OH is 1. The highest BCUT2D eigenvalue weighted by atomic mass is 16.5. The van der Waals surface area contributed by atoms with Crippen LogP contribution in [0.15, 0.2) is 0 Å². The summed E-state index contributed by atoms with van der Waals surface area (Å²) in [6.07, 6.45) is 1.16. The monoisotopic (exact) mass is 173 g/mol. The number of hydrogen-bond acceptors (Lipinski definition) is 4. The summed E-state index contributed by atoms with van der Waals surface area (Å²) < 4.78 is 4.78. The van der Waals surface area contributed by atoms with E-state index in [-0.39, 0.29) is 0 Å². The Hall–Kier alpha value is -0.610. The standard InChI is InChI=1S/C8H15NO3/c1-2-12-7(11)8(9)5-3-4-6(8)10/h6,10H,2-5,9H2,1H3. The first kappa shape index (κ1) is 9.48. The molecule has 1 aliphatic carbocycles. The van der Waals surface area contributed by atoms with Gasteiger partial charge in [0, 0.05) is 0 Å². The molecule has 0 amide bonds. The van der Waals surface area contributed by atoms with Gasteiger partial charge in [0.2, 0.25) is 0 Å². The molecule has 0 heterocycles. The molecule has 4 nitrogen and oxygen atoms in total. The van der Waals surface area contributed by atoms with Crippen molar-refractivity contribution in [3.05, 3.63) is 0 Å². The van der Waals surface area contributed by atoms with Gasteiger partial charge >= 0.3 is 5.97 Å². The summed E-state index contributed by atoms with van der Waals surface area (Å²) in [4.78, 5) is 11.3. The second-order valence-corrected chi connectivity index (χ2v) is 3.17. The van der Waals surface area contributed by atoms with Gasteiger partial charge in [-0.25, -0.2) is 4.79 Å². The van der Waals surface area contributed by atoms with Crippen molar-refractivity contribution in [2.24, 2.45) is 5.73 Å². The van der Waals surface area contributed by atoms with Crippen molar-refractivity contribution in [3.8, 4) is 0 Å². The molecule has 0 saturated heterocycles. The summed E-state index contributed by atoms with van der Waals surface area (Å²) in [5.74, 6) is -0.477. The summed E-state index contributed by atoms with van der Waals surface area (Å²) in [6.45, 7) is 2.03. The Morgan fingerprint density at radius 1 is 1.83 bits per heavy atom. The topological polar surface area (TPSA) is 72.5 Å². The number of esters is 1. The molecular weight excluding hydrogens is 158 g/mol. The van der Waals surface area contributed by atoms with Crippen LogP contribution in [0.3, 0.4) is 0 Å². The smallest absolute Gasteiger partial charge is 0.328 e. The maximum Gasteiger partial charge on any atom is 0.328 e. The van der Waals surface area contributed by atoms with Crippen LogP contribution < -0.4 is 5.73 Å². The van der Waals surface area contributed by atoms with Gasteiger partial charge in [-0.1, -0.05) is 0 Å². The Balaban J connectivity index is 2.63. The van der Waals surface area contributed by atoms with E-state index in [4.69, 9.17) is 10.5 Å². The van der Waals surface area contributed by atoms with Crippen molar-refractivity contribution in [1.82, 2.24) is 0 Å². The third-order valence-corrected chi connectivity index (χ3v) is 2.32. The lowest BCUT2D eigenvalue weighted by molar-refractivity contribution is -0.153. The quantitative estimate of drug-likeness (QED) is 0.567. The van der Waals surface area contributed by atoms with Crippen molar-refractivity contribution in [1.29, 1.82) is 0 Å². The van der Waals surface area contributed by atoms with E-state index in [1.807, 2.05) is 0 Å². The van der Waals surface area contributed by atoms with Gasteiger partial charge in [0.1, 0.15) is 5.54 Å². The first-order valence-electron chi connectivity index (χ1n) is 4.25. The lowest BCUT2D eigenvalue weighted by Crippen LogP contribution is -2.54. The predicted octanol–water partition coefficient (Wildman–Crippen LogP) is -0.208. The Morgan fingerprint density at radius 3 is 2.92 bits per heavy atom. The highest BCUT2D eigenvalue weighted by molar-refractivity contribution is 5.81. The normalized spacial score (nSPS) is 35.1. The number of rotatable bonds is 2. The Kier molecular flexibility index (Phi) is 2.69. The van der Waals surface area contributed by atoms with E-state index in [1.54, 1.807) is 6.92 Å². The third kappa shape index (κ3) is 1.44. The zero-order chi connectivity index (χ0) is 9.19. The molecule has 0 aromatic rings. The predicted molar refractivity (Wildman–Crippen MR) is 43.4 cm³/mol. The number of hydrogen-bond donors (Lipinski definition) is 2. The molecular formula is C8H15NO3. The molecule has 0 aromatic carbocycles. The molecule has 12 heavy (non-hydrogen) atoms. The molecule has 0 spiro atoms. The highest BCUT2D eigenvalue weighted by Crippen LogP contribution is 2.28. The van der Waals surface area contributed by atoms with Crippen LogP contribution in [-0.2, 0) is 9.53 Å². The molecule has 2 unspecified atom stereocenters. The maximum atomic E-state index is 11.3. The summed E-state index contributed by atoms with van der Waals surface area (Å²) in [7, 11) is 0. The second kappa shape index (κ2) is 3.41. The summed E-state index contributed by atoms with van der Waals surface area (Å²) >= 11 is 0. The number of ether oxygens (including phenoxy) is 1. The lowest BCUT2D eigenvalue weighted by Gasteiger charge is -2.24. The fourth-order valence-corrected chi connectivity index (χ4v) is 1.52. The first-order valence-corrected chi connectivity index (χ1v) is 4.25. The maximum absolute atomic E-state index is 11.3. The van der Waals surface area contributed by atoms with Crippen molar-refractivity contribution >= 4 is 5.97 Å². The number of nitrogens with two attached hydrogens (primary N) is 1. The van der Waals surface area contributed by atoms with Gasteiger partial charge in [0.05, 0.1) is 12.7 Å². The van der Waals surface area contributed by atoms with Gasteiger partial charge in [-0.2, -0.15) is 0 Å². The van der Waals surface area contributed by atoms with Crippen LogP contribution in [0, 0.1) is 0 Å². The average molecular weight is 173 g/mol. The van der Waals surface area contributed by atoms with E-state index in [0.717, 1.165) is 6.42 Å². The van der Waals surface area contributed by atoms with Gasteiger partial charge in [-0.15, -0.1) is 0 Å². The molecule has 0 aliphatic heterocycles. The SMILES string of the molecule is CCOC(=O)C1(N)CCCC1O. The number of carbonyl (C=O) groups is 1. The largest absolute Gasteiger partial charge is 0.465 e. The van der Waals surface area contributed by atoms with E-state index in [1.165, 1.54) is 0 Å². The molecule has 1 aliphatic rings. The lowest BCUT2D eigenvalue weighted by atomic mass is 9.97. The molecule has 1 saturated carbocycles. The first-order chi connectivity index (χ1) is 5.61. The minimum atomic E-state index is -1.14. The molecule has 1 fully saturated rings. The van der Waals surface area contributed by atoms with E-state index in [9.17, 15) is 9.90 Å². The van der Waals surface area contributed by atoms with Gasteiger partial charge in [-0.3, -0.25) is 0 Å². The van der Waals surface area contributed by atoms with Gasteiger partial charge in [0.15, 0.2) is 0 Å². The van der Waals surface area contributed by atoms with Crippen LogP contribution in [-0.4, -0.2) is 29.3 Å². The van der Waals surface area contributed by atoms with Crippen LogP contribution in [0.4, 0.5) is 0 Å². The van der Waals surface area contributed by atoms with Crippen molar-refractivity contribution in [3.63, 3.8) is 0 Å². The van der Waals surface area contributed by atoms with E-state index < -0.39 is 17.6 Å². The van der Waals surface area contributed by atoms with Crippen LogP contribution in [0.2, 0.25) is 0 Å². The molecule has 0 radical (unpaired) electrons. The Morgan fingerprint density at radius 2 is 2.50 bits per heavy atom. The van der Waals surface area contributed by atoms with Crippen LogP contribution >= 0.6 is 0 Å². The van der Waals surface area contributed by atoms with Crippen molar-refractivity contribution < 1.29 is 14.6 Å². The minimum Gasteiger partial charge on any atom is -0.465 e. The minimum absolute atomic E-state index is 0.310. The van der Waals surface area contributed by atoms with Gasteiger partial charge in [0.25, 0.3) is 0 Å². The fraction of sp³-hybridized carbons (Fsp3) is 0.875. The molecule has 70 valence electrons. The van der Waals surface area contributed by atoms with Crippen molar-refractivity contribution in [2.45, 2.75) is 37.8 Å². The number of carbonyl (C=O) groups excluding carboxylic acids is 1. The van der Waals surface area contributed by atoms with E-state index >= 15 is 0 Å². The van der Waals surface area contributed by atoms with Gasteiger partial charge < -0.3 is 15.6 Å².